The number of morpholine rings is 1. The number of amides is 1. The van der Waals surface area contributed by atoms with E-state index in [0.717, 1.165) is 40.1 Å². The fraction of sp³-hybridized carbons (Fsp3) is 0.458. The van der Waals surface area contributed by atoms with E-state index >= 15 is 0 Å². The van der Waals surface area contributed by atoms with E-state index in [0.29, 0.717) is 32.0 Å². The van der Waals surface area contributed by atoms with Crippen LogP contribution in [0.2, 0.25) is 0 Å². The Morgan fingerprint density at radius 3 is 2.90 bits per heavy atom. The van der Waals surface area contributed by atoms with Gasteiger partial charge in [-0.15, -0.1) is 0 Å². The third-order valence-corrected chi connectivity index (χ3v) is 6.63. The number of rotatable bonds is 3. The SMILES string of the molecule is CCC(=O)N1Cc2c(N3CCOC[C@H]3C)nc(-c3cccc4[nH]ccc34)nc2C1(C)C. The van der Waals surface area contributed by atoms with Gasteiger partial charge in [0.1, 0.15) is 5.82 Å². The van der Waals surface area contributed by atoms with E-state index < -0.39 is 5.54 Å². The van der Waals surface area contributed by atoms with Crippen molar-refractivity contribution in [1.29, 1.82) is 0 Å². The average Bonchev–Trinajstić information content (AvgIpc) is 3.35. The van der Waals surface area contributed by atoms with E-state index in [1.54, 1.807) is 0 Å². The highest BCUT2D eigenvalue weighted by Crippen LogP contribution is 2.43. The number of hydrogen-bond acceptors (Lipinski definition) is 5. The number of H-pyrrole nitrogens is 1. The summed E-state index contributed by atoms with van der Waals surface area (Å²) in [5, 5.41) is 1.10. The first-order valence-corrected chi connectivity index (χ1v) is 11.0. The first kappa shape index (κ1) is 20.0. The number of nitrogens with zero attached hydrogens (tertiary/aromatic N) is 4. The van der Waals surface area contributed by atoms with Crippen molar-refractivity contribution in [3.8, 4) is 11.4 Å². The zero-order chi connectivity index (χ0) is 21.8. The Kier molecular flexibility index (Phi) is 4.73. The Bertz CT molecular complexity index is 1150. The van der Waals surface area contributed by atoms with E-state index in [2.05, 4.69) is 48.9 Å². The Labute approximate surface area is 182 Å². The van der Waals surface area contributed by atoms with Crippen molar-refractivity contribution in [3.63, 3.8) is 0 Å². The van der Waals surface area contributed by atoms with E-state index in [9.17, 15) is 4.79 Å². The van der Waals surface area contributed by atoms with Crippen LogP contribution in [-0.4, -0.2) is 51.6 Å². The lowest BCUT2D eigenvalue weighted by atomic mass is 9.98. The Hall–Kier alpha value is -2.93. The third kappa shape index (κ3) is 3.10. The Morgan fingerprint density at radius 2 is 2.13 bits per heavy atom. The molecule has 0 saturated carbocycles. The Balaban J connectivity index is 1.73. The summed E-state index contributed by atoms with van der Waals surface area (Å²) in [7, 11) is 0. The molecule has 1 N–H and O–H groups in total. The number of hydrogen-bond donors (Lipinski definition) is 1. The fourth-order valence-electron chi connectivity index (χ4n) is 4.88. The van der Waals surface area contributed by atoms with E-state index in [-0.39, 0.29) is 11.9 Å². The van der Waals surface area contributed by atoms with Crippen LogP contribution in [0.15, 0.2) is 30.5 Å². The minimum atomic E-state index is -0.490. The van der Waals surface area contributed by atoms with Crippen molar-refractivity contribution in [2.24, 2.45) is 0 Å². The van der Waals surface area contributed by atoms with Crippen molar-refractivity contribution >= 4 is 22.6 Å². The zero-order valence-corrected chi connectivity index (χ0v) is 18.6. The van der Waals surface area contributed by atoms with Crippen molar-refractivity contribution < 1.29 is 9.53 Å². The minimum absolute atomic E-state index is 0.137. The summed E-state index contributed by atoms with van der Waals surface area (Å²) in [5.74, 6) is 1.78. The van der Waals surface area contributed by atoms with Crippen molar-refractivity contribution in [1.82, 2.24) is 19.9 Å². The zero-order valence-electron chi connectivity index (χ0n) is 18.6. The highest BCUT2D eigenvalue weighted by molar-refractivity contribution is 5.93. The number of anilines is 1. The van der Waals surface area contributed by atoms with Crippen LogP contribution >= 0.6 is 0 Å². The summed E-state index contributed by atoms with van der Waals surface area (Å²) >= 11 is 0. The molecule has 1 amide bonds. The maximum atomic E-state index is 12.8. The molecule has 2 aromatic heterocycles. The molecular formula is C24H29N5O2. The number of carbonyl (C=O) groups excluding carboxylic acids is 1. The number of carbonyl (C=O) groups is 1. The molecule has 31 heavy (non-hydrogen) atoms. The van der Waals surface area contributed by atoms with E-state index in [4.69, 9.17) is 14.7 Å². The molecule has 0 aliphatic carbocycles. The van der Waals surface area contributed by atoms with Crippen LogP contribution in [0.5, 0.6) is 0 Å². The quantitative estimate of drug-likeness (QED) is 0.698. The van der Waals surface area contributed by atoms with Gasteiger partial charge in [0.2, 0.25) is 5.91 Å². The second-order valence-corrected chi connectivity index (χ2v) is 8.95. The maximum Gasteiger partial charge on any atom is 0.223 e. The summed E-state index contributed by atoms with van der Waals surface area (Å²) in [5.41, 5.74) is 3.58. The first-order valence-electron chi connectivity index (χ1n) is 11.0. The molecule has 2 aliphatic heterocycles. The van der Waals surface area contributed by atoms with Gasteiger partial charge < -0.3 is 19.5 Å². The van der Waals surface area contributed by atoms with Gasteiger partial charge >= 0.3 is 0 Å². The smallest absolute Gasteiger partial charge is 0.223 e. The molecule has 1 fully saturated rings. The number of ether oxygens (including phenoxy) is 1. The normalized spacial score (nSPS) is 20.3. The van der Waals surface area contributed by atoms with Gasteiger partial charge in [-0.3, -0.25) is 4.79 Å². The summed E-state index contributed by atoms with van der Waals surface area (Å²) in [6, 6.07) is 8.43. The molecule has 2 aliphatic rings. The molecule has 1 atom stereocenters. The van der Waals surface area contributed by atoms with Crippen LogP contribution in [-0.2, 0) is 21.6 Å². The van der Waals surface area contributed by atoms with Crippen LogP contribution in [0, 0.1) is 0 Å². The average molecular weight is 420 g/mol. The second kappa shape index (κ2) is 7.34. The fourth-order valence-corrected chi connectivity index (χ4v) is 4.88. The van der Waals surface area contributed by atoms with Gasteiger partial charge in [0.25, 0.3) is 0 Å². The molecule has 0 bridgehead atoms. The summed E-state index contributed by atoms with van der Waals surface area (Å²) in [6.07, 6.45) is 2.42. The lowest BCUT2D eigenvalue weighted by molar-refractivity contribution is -0.136. The molecule has 1 saturated heterocycles. The molecule has 7 heteroatoms. The van der Waals surface area contributed by atoms with Gasteiger partial charge in [0, 0.05) is 41.2 Å². The summed E-state index contributed by atoms with van der Waals surface area (Å²) < 4.78 is 5.68. The molecule has 4 heterocycles. The highest BCUT2D eigenvalue weighted by Gasteiger charge is 2.44. The van der Waals surface area contributed by atoms with Crippen LogP contribution in [0.3, 0.4) is 0 Å². The Morgan fingerprint density at radius 1 is 1.29 bits per heavy atom. The van der Waals surface area contributed by atoms with E-state index in [1.807, 2.05) is 24.1 Å². The largest absolute Gasteiger partial charge is 0.377 e. The van der Waals surface area contributed by atoms with Crippen molar-refractivity contribution in [2.75, 3.05) is 24.7 Å². The maximum absolute atomic E-state index is 12.8. The van der Waals surface area contributed by atoms with Crippen LogP contribution in [0.4, 0.5) is 5.82 Å². The molecule has 1 aromatic carbocycles. The first-order chi connectivity index (χ1) is 14.9. The van der Waals surface area contributed by atoms with Gasteiger partial charge in [-0.2, -0.15) is 0 Å². The topological polar surface area (TPSA) is 74.3 Å². The minimum Gasteiger partial charge on any atom is -0.377 e. The lowest BCUT2D eigenvalue weighted by Gasteiger charge is -2.35. The molecule has 0 radical (unpaired) electrons. The monoisotopic (exact) mass is 419 g/mol. The van der Waals surface area contributed by atoms with Gasteiger partial charge in [-0.05, 0) is 32.9 Å². The number of aromatic nitrogens is 3. The van der Waals surface area contributed by atoms with Crippen molar-refractivity contribution in [3.05, 3.63) is 41.7 Å². The van der Waals surface area contributed by atoms with Crippen LogP contribution in [0.1, 0.15) is 45.4 Å². The summed E-state index contributed by atoms with van der Waals surface area (Å²) in [6.45, 7) is 10.9. The van der Waals surface area contributed by atoms with Gasteiger partial charge in [0.15, 0.2) is 5.82 Å². The van der Waals surface area contributed by atoms with Gasteiger partial charge in [-0.25, -0.2) is 9.97 Å². The van der Waals surface area contributed by atoms with Gasteiger partial charge in [-0.1, -0.05) is 19.1 Å². The predicted octanol–water partition coefficient (Wildman–Crippen LogP) is 3.84. The summed E-state index contributed by atoms with van der Waals surface area (Å²) in [4.78, 5) is 30.5. The van der Waals surface area contributed by atoms with Crippen molar-refractivity contribution in [2.45, 2.75) is 52.2 Å². The molecule has 5 rings (SSSR count). The van der Waals surface area contributed by atoms with E-state index in [1.165, 1.54) is 0 Å². The number of benzene rings is 1. The third-order valence-electron chi connectivity index (χ3n) is 6.63. The highest BCUT2D eigenvalue weighted by atomic mass is 16.5. The number of aromatic amines is 1. The molecule has 3 aromatic rings. The van der Waals surface area contributed by atoms with Crippen LogP contribution < -0.4 is 4.90 Å². The van der Waals surface area contributed by atoms with Crippen LogP contribution in [0.25, 0.3) is 22.3 Å². The molecule has 0 spiro atoms. The number of nitrogens with one attached hydrogen (secondary N) is 1. The predicted molar refractivity (Wildman–Crippen MR) is 121 cm³/mol. The molecule has 162 valence electrons. The number of fused-ring (bicyclic) bond motifs is 2. The standard InChI is InChI=1S/C24H29N5O2/c1-5-20(30)29-13-18-21(24(29,3)4)26-22(17-7-6-8-19-16(17)9-10-25-19)27-23(18)28-11-12-31-14-15(28)2/h6-10,15,25H,5,11-14H2,1-4H3/t15-/m1/s1. The van der Waals surface area contributed by atoms with Gasteiger partial charge in [0.05, 0.1) is 37.0 Å². The molecule has 0 unspecified atom stereocenters. The molecular weight excluding hydrogens is 390 g/mol. The second-order valence-electron chi connectivity index (χ2n) is 8.95. The molecule has 7 nitrogen and oxygen atoms in total. The lowest BCUT2D eigenvalue weighted by Crippen LogP contribution is -2.44.